The molecule has 0 spiro atoms. The lowest BCUT2D eigenvalue weighted by Crippen LogP contribution is -2.21. The first-order valence-electron chi connectivity index (χ1n) is 4.70. The van der Waals surface area contributed by atoms with Crippen molar-refractivity contribution in [2.45, 2.75) is 25.8 Å². The van der Waals surface area contributed by atoms with E-state index in [-0.39, 0.29) is 6.04 Å². The summed E-state index contributed by atoms with van der Waals surface area (Å²) in [6, 6.07) is 3.95. The van der Waals surface area contributed by atoms with Gasteiger partial charge in [0.25, 0.3) is 0 Å². The van der Waals surface area contributed by atoms with Crippen molar-refractivity contribution in [1.82, 2.24) is 5.32 Å². The van der Waals surface area contributed by atoms with Gasteiger partial charge >= 0.3 is 0 Å². The molecular weight excluding hydrogens is 242 g/mol. The lowest BCUT2D eigenvalue weighted by Gasteiger charge is -2.12. The topological polar surface area (TPSA) is 25.2 Å². The normalized spacial score (nSPS) is 12.4. The van der Waals surface area contributed by atoms with E-state index in [1.807, 2.05) is 12.1 Å². The molecular formula is C11H14BrNO. The van der Waals surface area contributed by atoms with Crippen molar-refractivity contribution in [3.05, 3.63) is 22.6 Å². The Morgan fingerprint density at radius 2 is 2.43 bits per heavy atom. The highest BCUT2D eigenvalue weighted by Crippen LogP contribution is 2.22. The average Bonchev–Trinajstić information content (AvgIpc) is 2.59. The van der Waals surface area contributed by atoms with Crippen molar-refractivity contribution in [3.63, 3.8) is 0 Å². The van der Waals surface area contributed by atoms with Gasteiger partial charge in [0.05, 0.1) is 6.04 Å². The number of hydrogen-bond donors (Lipinski definition) is 1. The molecule has 76 valence electrons. The molecule has 0 aliphatic carbocycles. The smallest absolute Gasteiger partial charge is 0.169 e. The van der Waals surface area contributed by atoms with Crippen LogP contribution < -0.4 is 5.32 Å². The number of halogens is 1. The van der Waals surface area contributed by atoms with Gasteiger partial charge in [0.2, 0.25) is 0 Å². The quantitative estimate of drug-likeness (QED) is 0.819. The van der Waals surface area contributed by atoms with Crippen LogP contribution in [0.5, 0.6) is 0 Å². The lowest BCUT2D eigenvalue weighted by atomic mass is 10.1. The summed E-state index contributed by atoms with van der Waals surface area (Å²) in [5, 5.41) is 3.34. The van der Waals surface area contributed by atoms with Crippen LogP contribution in [0.2, 0.25) is 0 Å². The van der Waals surface area contributed by atoms with Crippen molar-refractivity contribution in [2.75, 3.05) is 6.54 Å². The largest absolute Gasteiger partial charge is 0.453 e. The van der Waals surface area contributed by atoms with Gasteiger partial charge in [0.1, 0.15) is 5.76 Å². The van der Waals surface area contributed by atoms with E-state index in [1.165, 1.54) is 0 Å². The SMILES string of the molecule is C#CCC(NCCC)c1ccc(Br)o1. The summed E-state index contributed by atoms with van der Waals surface area (Å²) in [7, 11) is 0. The molecule has 2 nitrogen and oxygen atoms in total. The van der Waals surface area contributed by atoms with Crippen molar-refractivity contribution >= 4 is 15.9 Å². The minimum absolute atomic E-state index is 0.131. The summed E-state index contributed by atoms with van der Waals surface area (Å²) < 4.78 is 6.20. The van der Waals surface area contributed by atoms with E-state index in [0.717, 1.165) is 23.4 Å². The van der Waals surface area contributed by atoms with Gasteiger partial charge in [-0.15, -0.1) is 12.3 Å². The molecule has 1 aromatic rings. The van der Waals surface area contributed by atoms with Gasteiger partial charge in [0.15, 0.2) is 4.67 Å². The predicted octanol–water partition coefficient (Wildman–Crippen LogP) is 3.11. The van der Waals surface area contributed by atoms with Crippen LogP contribution in [0.3, 0.4) is 0 Å². The predicted molar refractivity (Wildman–Crippen MR) is 60.9 cm³/mol. The van der Waals surface area contributed by atoms with Gasteiger partial charge in [0, 0.05) is 6.42 Å². The van der Waals surface area contributed by atoms with Crippen molar-refractivity contribution in [1.29, 1.82) is 0 Å². The monoisotopic (exact) mass is 255 g/mol. The molecule has 1 aromatic heterocycles. The third kappa shape index (κ3) is 3.21. The van der Waals surface area contributed by atoms with Gasteiger partial charge in [-0.05, 0) is 41.0 Å². The number of hydrogen-bond acceptors (Lipinski definition) is 2. The van der Waals surface area contributed by atoms with Crippen LogP contribution in [0.1, 0.15) is 31.6 Å². The number of terminal acetylenes is 1. The second-order valence-corrected chi connectivity index (χ2v) is 3.84. The first-order valence-corrected chi connectivity index (χ1v) is 5.49. The van der Waals surface area contributed by atoms with E-state index >= 15 is 0 Å². The zero-order chi connectivity index (χ0) is 10.4. The summed E-state index contributed by atoms with van der Waals surface area (Å²) in [6.45, 7) is 3.07. The zero-order valence-corrected chi connectivity index (χ0v) is 9.80. The van der Waals surface area contributed by atoms with Gasteiger partial charge in [-0.3, -0.25) is 0 Å². The third-order valence-electron chi connectivity index (χ3n) is 1.90. The van der Waals surface area contributed by atoms with Gasteiger partial charge in [-0.1, -0.05) is 6.92 Å². The Labute approximate surface area is 93.2 Å². The van der Waals surface area contributed by atoms with Crippen LogP contribution in [0.15, 0.2) is 21.2 Å². The number of furan rings is 1. The minimum Gasteiger partial charge on any atom is -0.453 e. The Morgan fingerprint density at radius 1 is 1.64 bits per heavy atom. The summed E-state index contributed by atoms with van der Waals surface area (Å²) in [5.74, 6) is 3.54. The summed E-state index contributed by atoms with van der Waals surface area (Å²) >= 11 is 3.27. The van der Waals surface area contributed by atoms with Crippen LogP contribution in [0.4, 0.5) is 0 Å². The standard InChI is InChI=1S/C11H14BrNO/c1-3-5-9(13-8-4-2)10-6-7-11(12)14-10/h1,6-7,9,13H,4-5,8H2,2H3. The first-order chi connectivity index (χ1) is 6.77. The Bertz CT molecular complexity index is 313. The van der Waals surface area contributed by atoms with E-state index in [9.17, 15) is 0 Å². The van der Waals surface area contributed by atoms with Crippen LogP contribution in [0.25, 0.3) is 0 Å². The maximum Gasteiger partial charge on any atom is 0.169 e. The highest BCUT2D eigenvalue weighted by atomic mass is 79.9. The molecule has 0 aromatic carbocycles. The molecule has 14 heavy (non-hydrogen) atoms. The maximum absolute atomic E-state index is 5.45. The van der Waals surface area contributed by atoms with E-state index in [0.29, 0.717) is 6.42 Å². The Hall–Kier alpha value is -0.720. The Morgan fingerprint density at radius 3 is 2.93 bits per heavy atom. The highest BCUT2D eigenvalue weighted by Gasteiger charge is 2.12. The fourth-order valence-electron chi connectivity index (χ4n) is 1.23. The lowest BCUT2D eigenvalue weighted by molar-refractivity contribution is 0.406. The molecule has 1 unspecified atom stereocenters. The van der Waals surface area contributed by atoms with Crippen LogP contribution in [0, 0.1) is 12.3 Å². The molecule has 3 heteroatoms. The molecule has 1 atom stereocenters. The molecule has 0 aliphatic heterocycles. The van der Waals surface area contributed by atoms with E-state index in [4.69, 9.17) is 10.8 Å². The molecule has 1 N–H and O–H groups in total. The van der Waals surface area contributed by atoms with Crippen LogP contribution in [-0.2, 0) is 0 Å². The van der Waals surface area contributed by atoms with Crippen LogP contribution >= 0.6 is 15.9 Å². The van der Waals surface area contributed by atoms with E-state index < -0.39 is 0 Å². The summed E-state index contributed by atoms with van der Waals surface area (Å²) in [4.78, 5) is 0. The molecule has 0 radical (unpaired) electrons. The molecule has 1 rings (SSSR count). The molecule has 0 amide bonds. The molecule has 0 saturated carbocycles. The maximum atomic E-state index is 5.45. The molecule has 0 aliphatic rings. The van der Waals surface area contributed by atoms with Crippen molar-refractivity contribution in [2.24, 2.45) is 0 Å². The number of nitrogens with one attached hydrogen (secondary N) is 1. The molecule has 0 fully saturated rings. The Kier molecular flexibility index (Phi) is 4.78. The molecule has 1 heterocycles. The van der Waals surface area contributed by atoms with Gasteiger partial charge in [-0.25, -0.2) is 0 Å². The molecule has 0 bridgehead atoms. The first kappa shape index (κ1) is 11.4. The highest BCUT2D eigenvalue weighted by molar-refractivity contribution is 9.10. The average molecular weight is 256 g/mol. The second kappa shape index (κ2) is 5.90. The fraction of sp³-hybridized carbons (Fsp3) is 0.455. The van der Waals surface area contributed by atoms with E-state index in [1.54, 1.807) is 0 Å². The minimum atomic E-state index is 0.131. The fourth-order valence-corrected chi connectivity index (χ4v) is 1.54. The van der Waals surface area contributed by atoms with Gasteiger partial charge in [-0.2, -0.15) is 0 Å². The van der Waals surface area contributed by atoms with Crippen LogP contribution in [-0.4, -0.2) is 6.54 Å². The second-order valence-electron chi connectivity index (χ2n) is 3.06. The third-order valence-corrected chi connectivity index (χ3v) is 2.33. The van der Waals surface area contributed by atoms with Crippen molar-refractivity contribution < 1.29 is 4.42 Å². The zero-order valence-electron chi connectivity index (χ0n) is 8.22. The summed E-state index contributed by atoms with van der Waals surface area (Å²) in [5.41, 5.74) is 0. The van der Waals surface area contributed by atoms with Crippen molar-refractivity contribution in [3.8, 4) is 12.3 Å². The Balaban J connectivity index is 2.63. The number of rotatable bonds is 5. The molecule has 0 saturated heterocycles. The van der Waals surface area contributed by atoms with E-state index in [2.05, 4.69) is 34.1 Å². The summed E-state index contributed by atoms with van der Waals surface area (Å²) in [6.07, 6.45) is 7.04. The van der Waals surface area contributed by atoms with Gasteiger partial charge < -0.3 is 9.73 Å².